The molecule has 11 nitrogen and oxygen atoms in total. The van der Waals surface area contributed by atoms with E-state index in [2.05, 4.69) is 30.5 Å². The lowest BCUT2D eigenvalue weighted by Gasteiger charge is -2.31. The summed E-state index contributed by atoms with van der Waals surface area (Å²) in [4.78, 5) is 32.0. The molecule has 0 radical (unpaired) electrons. The molecule has 0 spiro atoms. The Morgan fingerprint density at radius 2 is 2.03 bits per heavy atom. The van der Waals surface area contributed by atoms with E-state index in [1.54, 1.807) is 18.6 Å². The summed E-state index contributed by atoms with van der Waals surface area (Å²) in [6.07, 6.45) is 10.7. The molecule has 5 aromatic heterocycles. The summed E-state index contributed by atoms with van der Waals surface area (Å²) in [5.74, 6) is 0.124. The number of hydrogen-bond donors (Lipinski definition) is 1. The first kappa shape index (κ1) is 22.9. The molecule has 0 bridgehead atoms. The van der Waals surface area contributed by atoms with E-state index in [1.807, 2.05) is 16.7 Å². The fraction of sp³-hybridized carbons (Fsp3) is 0.250. The fourth-order valence-electron chi connectivity index (χ4n) is 4.73. The molecule has 5 aromatic rings. The third-order valence-corrected chi connectivity index (χ3v) is 7.21. The summed E-state index contributed by atoms with van der Waals surface area (Å²) in [7, 11) is 0. The van der Waals surface area contributed by atoms with Crippen molar-refractivity contribution in [1.82, 2.24) is 44.8 Å². The molecule has 1 fully saturated rings. The zero-order valence-corrected chi connectivity index (χ0v) is 20.1. The number of hydrogen-bond acceptors (Lipinski definition) is 9. The largest absolute Gasteiger partial charge is 0.347 e. The second-order valence-electron chi connectivity index (χ2n) is 8.62. The maximum Gasteiger partial charge on any atom is 0.280 e. The summed E-state index contributed by atoms with van der Waals surface area (Å²) >= 11 is 1.06. The summed E-state index contributed by atoms with van der Waals surface area (Å²) in [5.41, 5.74) is 1.49. The maximum absolute atomic E-state index is 14.9. The van der Waals surface area contributed by atoms with E-state index < -0.39 is 5.82 Å². The Morgan fingerprint density at radius 3 is 2.81 bits per heavy atom. The van der Waals surface area contributed by atoms with Crippen molar-refractivity contribution in [2.24, 2.45) is 0 Å². The van der Waals surface area contributed by atoms with Crippen LogP contribution in [0.15, 0.2) is 49.2 Å². The lowest BCUT2D eigenvalue weighted by molar-refractivity contribution is 0.0920. The van der Waals surface area contributed by atoms with Crippen LogP contribution in [0.3, 0.4) is 0 Å². The van der Waals surface area contributed by atoms with Gasteiger partial charge in [0.1, 0.15) is 22.2 Å². The Kier molecular flexibility index (Phi) is 5.85. The first-order valence-electron chi connectivity index (χ1n) is 11.6. The van der Waals surface area contributed by atoms with Gasteiger partial charge < -0.3 is 9.88 Å². The van der Waals surface area contributed by atoms with Gasteiger partial charge in [-0.05, 0) is 37.8 Å². The van der Waals surface area contributed by atoms with Crippen LogP contribution >= 0.6 is 11.3 Å². The minimum atomic E-state index is -0.473. The van der Waals surface area contributed by atoms with Gasteiger partial charge in [0.05, 0.1) is 30.3 Å². The van der Waals surface area contributed by atoms with Crippen LogP contribution in [0, 0.1) is 17.1 Å². The van der Waals surface area contributed by atoms with Crippen LogP contribution in [0.4, 0.5) is 4.39 Å². The number of carbonyl (C=O) groups is 1. The summed E-state index contributed by atoms with van der Waals surface area (Å²) in [6, 6.07) is 6.51. The van der Waals surface area contributed by atoms with Crippen molar-refractivity contribution in [3.8, 4) is 23.4 Å². The first-order chi connectivity index (χ1) is 18.1. The van der Waals surface area contributed by atoms with Crippen LogP contribution < -0.4 is 5.32 Å². The molecule has 5 heterocycles. The topological polar surface area (TPSA) is 140 Å². The summed E-state index contributed by atoms with van der Waals surface area (Å²) in [5, 5.41) is 20.7. The lowest BCUT2D eigenvalue weighted by atomic mass is 9.90. The number of pyridine rings is 2. The summed E-state index contributed by atoms with van der Waals surface area (Å²) in [6.45, 7) is 0. The minimum Gasteiger partial charge on any atom is -0.347 e. The zero-order valence-electron chi connectivity index (χ0n) is 19.3. The van der Waals surface area contributed by atoms with Gasteiger partial charge >= 0.3 is 0 Å². The number of carbonyl (C=O) groups excluding carboxylic acids is 1. The number of rotatable bonds is 5. The van der Waals surface area contributed by atoms with Crippen molar-refractivity contribution in [1.29, 1.82) is 5.26 Å². The number of nitriles is 1. The van der Waals surface area contributed by atoms with E-state index >= 15 is 0 Å². The van der Waals surface area contributed by atoms with E-state index in [9.17, 15) is 9.18 Å². The number of thiazole rings is 1. The van der Waals surface area contributed by atoms with Crippen LogP contribution in [0.2, 0.25) is 0 Å². The molecule has 1 aliphatic carbocycles. The number of fused-ring (bicyclic) bond motifs is 1. The SMILES string of the molecule is N#Cc1cnc(C(=O)NC2CCCC(n3c(-c4ncccc4F)nc4cnc(-n5nccn5)cc43)C2)s1. The van der Waals surface area contributed by atoms with Crippen molar-refractivity contribution in [2.45, 2.75) is 37.8 Å². The van der Waals surface area contributed by atoms with Crippen molar-refractivity contribution in [3.05, 3.63) is 64.9 Å². The monoisotopic (exact) mass is 514 g/mol. The Balaban J connectivity index is 1.38. The predicted octanol–water partition coefficient (Wildman–Crippen LogP) is 3.45. The normalized spacial score (nSPS) is 17.5. The standard InChI is InChI=1S/C24H19FN10OS/c25-17-5-2-6-27-21(17)22-33-18-13-28-20(35-30-7-8-31-35)10-19(18)34(22)15-4-1-3-14(9-15)32-23(36)24-29-12-16(11-26)37-24/h2,5-8,10,12-15H,1,3-4,9H2,(H,32,36). The van der Waals surface area contributed by atoms with Crippen molar-refractivity contribution < 1.29 is 9.18 Å². The molecule has 1 N–H and O–H groups in total. The first-order valence-corrected chi connectivity index (χ1v) is 12.4. The second kappa shape index (κ2) is 9.47. The maximum atomic E-state index is 14.9. The highest BCUT2D eigenvalue weighted by Gasteiger charge is 2.30. The molecular formula is C24H19FN10OS. The van der Waals surface area contributed by atoms with Gasteiger partial charge in [-0.3, -0.25) is 4.79 Å². The van der Waals surface area contributed by atoms with Gasteiger partial charge in [0, 0.05) is 24.3 Å². The Hall–Kier alpha value is -4.57. The number of aromatic nitrogens is 8. The quantitative estimate of drug-likeness (QED) is 0.376. The van der Waals surface area contributed by atoms with Crippen molar-refractivity contribution in [3.63, 3.8) is 0 Å². The van der Waals surface area contributed by atoms with Crippen molar-refractivity contribution in [2.75, 3.05) is 0 Å². The fourth-order valence-corrected chi connectivity index (χ4v) is 5.34. The van der Waals surface area contributed by atoms with Crippen LogP contribution in [-0.2, 0) is 0 Å². The molecule has 13 heteroatoms. The second-order valence-corrected chi connectivity index (χ2v) is 9.65. The highest BCUT2D eigenvalue weighted by atomic mass is 32.1. The Morgan fingerprint density at radius 1 is 1.16 bits per heavy atom. The molecule has 2 atom stereocenters. The number of nitrogens with one attached hydrogen (secondary N) is 1. The summed E-state index contributed by atoms with van der Waals surface area (Å²) < 4.78 is 16.9. The molecule has 1 saturated carbocycles. The van der Waals surface area contributed by atoms with Gasteiger partial charge in [-0.1, -0.05) is 11.3 Å². The predicted molar refractivity (Wildman–Crippen MR) is 131 cm³/mol. The Bertz CT molecular complexity index is 1640. The van der Waals surface area contributed by atoms with Crippen LogP contribution in [0.5, 0.6) is 0 Å². The number of halogens is 1. The molecule has 0 aromatic carbocycles. The van der Waals surface area contributed by atoms with Gasteiger partial charge in [-0.25, -0.2) is 24.3 Å². The number of amides is 1. The van der Waals surface area contributed by atoms with Gasteiger partial charge in [-0.15, -0.1) is 4.80 Å². The lowest BCUT2D eigenvalue weighted by Crippen LogP contribution is -2.39. The zero-order chi connectivity index (χ0) is 25.4. The van der Waals surface area contributed by atoms with E-state index in [-0.39, 0.29) is 28.7 Å². The molecular weight excluding hydrogens is 495 g/mol. The smallest absolute Gasteiger partial charge is 0.280 e. The van der Waals surface area contributed by atoms with Gasteiger partial charge in [-0.2, -0.15) is 15.5 Å². The number of imidazole rings is 1. The third kappa shape index (κ3) is 4.31. The molecule has 0 aliphatic heterocycles. The van der Waals surface area contributed by atoms with Gasteiger partial charge in [0.2, 0.25) is 0 Å². The van der Waals surface area contributed by atoms with Crippen LogP contribution in [-0.4, -0.2) is 51.4 Å². The molecule has 1 amide bonds. The van der Waals surface area contributed by atoms with E-state index in [0.717, 1.165) is 36.1 Å². The number of nitrogens with zero attached hydrogens (tertiary/aromatic N) is 9. The highest BCUT2D eigenvalue weighted by Crippen LogP contribution is 2.36. The average molecular weight is 515 g/mol. The molecule has 6 rings (SSSR count). The van der Waals surface area contributed by atoms with E-state index in [0.29, 0.717) is 28.5 Å². The average Bonchev–Trinajstić information content (AvgIpc) is 3.68. The van der Waals surface area contributed by atoms with Gasteiger partial charge in [0.15, 0.2) is 22.5 Å². The molecule has 2 unspecified atom stereocenters. The third-order valence-electron chi connectivity index (χ3n) is 6.31. The molecule has 1 aliphatic rings. The molecule has 184 valence electrons. The Labute approximate surface area is 213 Å². The molecule has 37 heavy (non-hydrogen) atoms. The highest BCUT2D eigenvalue weighted by molar-refractivity contribution is 7.14. The van der Waals surface area contributed by atoms with Crippen LogP contribution in [0.1, 0.15) is 46.4 Å². The van der Waals surface area contributed by atoms with Crippen LogP contribution in [0.25, 0.3) is 28.4 Å². The van der Waals surface area contributed by atoms with Gasteiger partial charge in [0.25, 0.3) is 5.91 Å². The minimum absolute atomic E-state index is 0.0905. The van der Waals surface area contributed by atoms with Crippen molar-refractivity contribution >= 4 is 28.3 Å². The molecule has 0 saturated heterocycles. The van der Waals surface area contributed by atoms with E-state index in [4.69, 9.17) is 10.2 Å². The van der Waals surface area contributed by atoms with E-state index in [1.165, 1.54) is 29.3 Å².